The monoisotopic (exact) mass is 367 g/mol. The summed E-state index contributed by atoms with van der Waals surface area (Å²) in [4.78, 5) is 11.3. The molecule has 0 atom stereocenters. The minimum Gasteiger partial charge on any atom is -0.508 e. The lowest BCUT2D eigenvalue weighted by Gasteiger charge is -2.31. The fourth-order valence-electron chi connectivity index (χ4n) is 1.47. The molecule has 2 N–H and O–H groups in total. The van der Waals surface area contributed by atoms with Crippen molar-refractivity contribution < 1.29 is 49.8 Å². The number of aromatic hydroxyl groups is 1. The maximum absolute atomic E-state index is 13.4. The average Bonchev–Trinajstić information content (AvgIpc) is 2.48. The Hall–Kier alpha value is -2.27. The molecule has 0 aliphatic carbocycles. The number of halogens is 8. The minimum atomic E-state index is -6.66. The van der Waals surface area contributed by atoms with Crippen LogP contribution in [0.4, 0.5) is 40.8 Å². The summed E-state index contributed by atoms with van der Waals surface area (Å²) in [7, 11) is 0.960. The molecule has 0 unspecified atom stereocenters. The van der Waals surface area contributed by atoms with E-state index >= 15 is 0 Å². The van der Waals surface area contributed by atoms with Crippen LogP contribution in [-0.2, 0) is 4.79 Å². The van der Waals surface area contributed by atoms with Crippen molar-refractivity contribution in [3.63, 3.8) is 0 Å². The number of hydrogen-bond acceptors (Lipinski definition) is 3. The lowest BCUT2D eigenvalue weighted by Crippen LogP contribution is -2.61. The minimum absolute atomic E-state index is 0.453. The van der Waals surface area contributed by atoms with Crippen LogP contribution in [0, 0.1) is 0 Å². The van der Waals surface area contributed by atoms with Gasteiger partial charge in [-0.3, -0.25) is 4.79 Å². The number of ether oxygens (including phenoxy) is 1. The number of hydrogen-bond donors (Lipinski definition) is 2. The predicted octanol–water partition coefficient (Wildman–Crippen LogP) is 3.51. The number of benzene rings is 1. The van der Waals surface area contributed by atoms with Gasteiger partial charge in [-0.2, -0.15) is 26.3 Å². The van der Waals surface area contributed by atoms with E-state index in [2.05, 4.69) is 4.74 Å². The second-order valence-electron chi connectivity index (χ2n) is 4.41. The molecule has 1 amide bonds. The summed E-state index contributed by atoms with van der Waals surface area (Å²) in [6.45, 7) is 0. The first-order chi connectivity index (χ1) is 10.8. The number of methoxy groups -OCH3 is 1. The smallest absolute Gasteiger partial charge is 0.393 e. The van der Waals surface area contributed by atoms with Crippen LogP contribution in [0.15, 0.2) is 18.2 Å². The molecule has 24 heavy (non-hydrogen) atoms. The van der Waals surface area contributed by atoms with E-state index in [9.17, 15) is 39.9 Å². The van der Waals surface area contributed by atoms with Gasteiger partial charge in [-0.15, -0.1) is 0 Å². The third kappa shape index (κ3) is 3.17. The molecule has 0 radical (unpaired) electrons. The largest absolute Gasteiger partial charge is 0.508 e. The Labute approximate surface area is 129 Å². The van der Waals surface area contributed by atoms with Crippen LogP contribution in [0.2, 0.25) is 0 Å². The van der Waals surface area contributed by atoms with Gasteiger partial charge in [0.25, 0.3) is 0 Å². The SMILES string of the molecule is COc1cc(O)ccc1NC(=O)C(F)(F)C(F)(F)C(F)(F)C(F)F. The molecular formula is C12H9F8NO3. The summed E-state index contributed by atoms with van der Waals surface area (Å²) in [5.41, 5.74) is -0.684. The summed E-state index contributed by atoms with van der Waals surface area (Å²) < 4.78 is 107. The van der Waals surface area contributed by atoms with Gasteiger partial charge in [0, 0.05) is 6.07 Å². The number of carbonyl (C=O) groups excluding carboxylic acids is 1. The van der Waals surface area contributed by atoms with E-state index in [1.807, 2.05) is 0 Å². The Morgan fingerprint density at radius 1 is 1.17 bits per heavy atom. The zero-order valence-electron chi connectivity index (χ0n) is 11.6. The molecule has 0 spiro atoms. The molecule has 4 nitrogen and oxygen atoms in total. The third-order valence-corrected chi connectivity index (χ3v) is 2.81. The molecule has 0 aromatic heterocycles. The zero-order valence-corrected chi connectivity index (χ0v) is 11.6. The van der Waals surface area contributed by atoms with E-state index < -0.39 is 47.3 Å². The highest BCUT2D eigenvalue weighted by atomic mass is 19.4. The van der Waals surface area contributed by atoms with Crippen LogP contribution in [0.3, 0.4) is 0 Å². The number of amides is 1. The van der Waals surface area contributed by atoms with E-state index in [-0.39, 0.29) is 0 Å². The van der Waals surface area contributed by atoms with Gasteiger partial charge in [-0.05, 0) is 12.1 Å². The fourth-order valence-corrected chi connectivity index (χ4v) is 1.47. The van der Waals surface area contributed by atoms with Gasteiger partial charge >= 0.3 is 30.1 Å². The Bertz CT molecular complexity index is 620. The molecule has 0 bridgehead atoms. The summed E-state index contributed by atoms with van der Waals surface area (Å²) in [6, 6.07) is 2.37. The van der Waals surface area contributed by atoms with Crippen LogP contribution >= 0.6 is 0 Å². The van der Waals surface area contributed by atoms with Crippen LogP contribution in [0.1, 0.15) is 0 Å². The molecule has 0 saturated carbocycles. The fraction of sp³-hybridized carbons (Fsp3) is 0.417. The highest BCUT2D eigenvalue weighted by Gasteiger charge is 2.78. The first-order valence-corrected chi connectivity index (χ1v) is 5.89. The van der Waals surface area contributed by atoms with Crippen molar-refractivity contribution in [2.75, 3.05) is 12.4 Å². The van der Waals surface area contributed by atoms with Gasteiger partial charge in [-0.1, -0.05) is 0 Å². The van der Waals surface area contributed by atoms with E-state index in [1.54, 1.807) is 0 Å². The van der Waals surface area contributed by atoms with Crippen molar-refractivity contribution in [2.24, 2.45) is 0 Å². The van der Waals surface area contributed by atoms with Crippen LogP contribution in [0.5, 0.6) is 11.5 Å². The normalized spacial score (nSPS) is 13.1. The molecule has 12 heteroatoms. The number of phenolic OH excluding ortho intramolecular Hbond substituents is 1. The lowest BCUT2D eigenvalue weighted by molar-refractivity contribution is -0.326. The predicted molar refractivity (Wildman–Crippen MR) is 64.1 cm³/mol. The zero-order chi connectivity index (χ0) is 18.9. The maximum Gasteiger partial charge on any atom is 0.393 e. The van der Waals surface area contributed by atoms with Crippen LogP contribution in [0.25, 0.3) is 0 Å². The van der Waals surface area contributed by atoms with E-state index in [0.29, 0.717) is 0 Å². The quantitative estimate of drug-likeness (QED) is 0.598. The van der Waals surface area contributed by atoms with Gasteiger partial charge in [0.1, 0.15) is 11.5 Å². The molecule has 0 heterocycles. The molecule has 1 aromatic rings. The maximum atomic E-state index is 13.4. The molecule has 136 valence electrons. The molecule has 0 aliphatic heterocycles. The van der Waals surface area contributed by atoms with Gasteiger partial charge in [0.2, 0.25) is 0 Å². The second kappa shape index (κ2) is 6.32. The van der Waals surface area contributed by atoms with Crippen molar-refractivity contribution in [2.45, 2.75) is 24.2 Å². The average molecular weight is 367 g/mol. The standard InChI is InChI=1S/C12H9F8NO3/c1-24-7-4-5(22)2-3-6(7)21-9(23)11(17,18)12(19,20)10(15,16)8(13)14/h2-4,8,22H,1H3,(H,21,23). The second-order valence-corrected chi connectivity index (χ2v) is 4.41. The van der Waals surface area contributed by atoms with Gasteiger partial charge in [0.15, 0.2) is 0 Å². The number of carbonyl (C=O) groups is 1. The van der Waals surface area contributed by atoms with Crippen molar-refractivity contribution in [1.29, 1.82) is 0 Å². The lowest BCUT2D eigenvalue weighted by atomic mass is 10.0. The van der Waals surface area contributed by atoms with Gasteiger partial charge in [-0.25, -0.2) is 8.78 Å². The first-order valence-electron chi connectivity index (χ1n) is 5.89. The van der Waals surface area contributed by atoms with Crippen LogP contribution in [-0.4, -0.2) is 42.3 Å². The molecule has 0 aliphatic rings. The Balaban J connectivity index is 3.18. The molecule has 0 fully saturated rings. The van der Waals surface area contributed by atoms with Crippen LogP contribution < -0.4 is 10.1 Å². The van der Waals surface area contributed by atoms with Crippen molar-refractivity contribution >= 4 is 11.6 Å². The number of rotatable bonds is 6. The van der Waals surface area contributed by atoms with Crippen molar-refractivity contribution in [3.8, 4) is 11.5 Å². The Morgan fingerprint density at radius 3 is 2.17 bits per heavy atom. The molecular weight excluding hydrogens is 358 g/mol. The summed E-state index contributed by atoms with van der Waals surface area (Å²) in [6.07, 6.45) is -5.13. The highest BCUT2D eigenvalue weighted by Crippen LogP contribution is 2.49. The van der Waals surface area contributed by atoms with Gasteiger partial charge in [0.05, 0.1) is 12.8 Å². The van der Waals surface area contributed by atoms with E-state index in [1.165, 1.54) is 0 Å². The number of phenols is 1. The van der Waals surface area contributed by atoms with Crippen molar-refractivity contribution in [1.82, 2.24) is 0 Å². The topological polar surface area (TPSA) is 58.6 Å². The number of alkyl halides is 8. The molecule has 0 saturated heterocycles. The molecule has 1 rings (SSSR count). The van der Waals surface area contributed by atoms with E-state index in [0.717, 1.165) is 30.6 Å². The van der Waals surface area contributed by atoms with Crippen molar-refractivity contribution in [3.05, 3.63) is 18.2 Å². The number of anilines is 1. The van der Waals surface area contributed by atoms with E-state index in [4.69, 9.17) is 5.11 Å². The van der Waals surface area contributed by atoms with Gasteiger partial charge < -0.3 is 15.2 Å². The molecule has 1 aromatic carbocycles. The number of nitrogens with one attached hydrogen (secondary N) is 1. The third-order valence-electron chi connectivity index (χ3n) is 2.81. The summed E-state index contributed by atoms with van der Waals surface area (Å²) in [5, 5.41) is 10.3. The summed E-state index contributed by atoms with van der Waals surface area (Å²) in [5.74, 6) is -23.2. The highest BCUT2D eigenvalue weighted by molar-refractivity contribution is 5.98. The Morgan fingerprint density at radius 2 is 1.71 bits per heavy atom. The first kappa shape index (κ1) is 19.8. The summed E-state index contributed by atoms with van der Waals surface area (Å²) >= 11 is 0. The Kier molecular flexibility index (Phi) is 5.21.